The molecule has 0 amide bonds. The molecule has 3 rings (SSSR count). The van der Waals surface area contributed by atoms with E-state index >= 15 is 0 Å². The molecule has 3 aromatic rings. The van der Waals surface area contributed by atoms with Gasteiger partial charge in [0.15, 0.2) is 0 Å². The van der Waals surface area contributed by atoms with E-state index in [2.05, 4.69) is 16.0 Å². The number of benzene rings is 2. The Labute approximate surface area is 125 Å². The maximum Gasteiger partial charge on any atom is 0.111 e. The zero-order valence-corrected chi connectivity index (χ0v) is 11.8. The normalized spacial score (nSPS) is 10.7. The molecule has 0 atom stereocenters. The van der Waals surface area contributed by atoms with Gasteiger partial charge in [-0.3, -0.25) is 0 Å². The van der Waals surface area contributed by atoms with Crippen LogP contribution in [0.5, 0.6) is 0 Å². The summed E-state index contributed by atoms with van der Waals surface area (Å²) in [6.07, 6.45) is 0.608. The molecule has 0 fully saturated rings. The van der Waals surface area contributed by atoms with Crippen LogP contribution in [0, 0.1) is 11.3 Å². The van der Waals surface area contributed by atoms with Crippen LogP contribution in [0.2, 0.25) is 10.0 Å². The number of H-pyrrole nitrogens is 1. The number of nitriles is 1. The third kappa shape index (κ3) is 2.36. The molecule has 3 nitrogen and oxygen atoms in total. The van der Waals surface area contributed by atoms with Gasteiger partial charge in [0.05, 0.1) is 21.1 Å². The van der Waals surface area contributed by atoms with Crippen molar-refractivity contribution in [1.82, 2.24) is 9.97 Å². The van der Waals surface area contributed by atoms with Crippen LogP contribution in [0.1, 0.15) is 17.0 Å². The number of hydrogen-bond acceptors (Lipinski definition) is 2. The number of aromatic amines is 1. The van der Waals surface area contributed by atoms with Crippen molar-refractivity contribution < 1.29 is 0 Å². The number of para-hydroxylation sites is 1. The largest absolute Gasteiger partial charge is 0.342 e. The monoisotopic (exact) mass is 301 g/mol. The van der Waals surface area contributed by atoms with Gasteiger partial charge in [-0.25, -0.2) is 4.98 Å². The molecule has 5 heteroatoms. The van der Waals surface area contributed by atoms with Crippen molar-refractivity contribution in [2.75, 3.05) is 0 Å². The van der Waals surface area contributed by atoms with Crippen molar-refractivity contribution in [3.63, 3.8) is 0 Å². The molecule has 0 saturated carbocycles. The standard InChI is InChI=1S/C15H9Cl2N3/c16-11-5-4-9(6-12(11)17)7-14-19-13-3-1-2-10(8-18)15(13)20-14/h1-6H,7H2,(H,19,20). The van der Waals surface area contributed by atoms with Gasteiger partial charge < -0.3 is 4.98 Å². The third-order valence-corrected chi connectivity index (χ3v) is 3.78. The minimum absolute atomic E-state index is 0.526. The first-order valence-electron chi connectivity index (χ1n) is 5.99. The number of halogens is 2. The van der Waals surface area contributed by atoms with Gasteiger partial charge >= 0.3 is 0 Å². The van der Waals surface area contributed by atoms with Crippen molar-refractivity contribution in [3.8, 4) is 6.07 Å². The zero-order chi connectivity index (χ0) is 14.1. The minimum Gasteiger partial charge on any atom is -0.342 e. The Morgan fingerprint density at radius 2 is 2.00 bits per heavy atom. The molecule has 1 N–H and O–H groups in total. The average Bonchev–Trinajstić information content (AvgIpc) is 2.85. The second-order valence-corrected chi connectivity index (χ2v) is 5.24. The molecule has 0 aliphatic carbocycles. The molecule has 1 aromatic heterocycles. The summed E-state index contributed by atoms with van der Waals surface area (Å²) in [5.74, 6) is 0.793. The molecule has 0 aliphatic heterocycles. The van der Waals surface area contributed by atoms with Crippen molar-refractivity contribution in [3.05, 3.63) is 63.4 Å². The molecule has 0 radical (unpaired) electrons. The first-order valence-corrected chi connectivity index (χ1v) is 6.74. The molecule has 0 saturated heterocycles. The smallest absolute Gasteiger partial charge is 0.111 e. The molecule has 0 bridgehead atoms. The van der Waals surface area contributed by atoms with E-state index < -0.39 is 0 Å². The van der Waals surface area contributed by atoms with E-state index in [4.69, 9.17) is 28.5 Å². The number of aromatic nitrogens is 2. The lowest BCUT2D eigenvalue weighted by Crippen LogP contribution is -1.90. The summed E-state index contributed by atoms with van der Waals surface area (Å²) in [5, 5.41) is 10.1. The number of rotatable bonds is 2. The number of imidazole rings is 1. The SMILES string of the molecule is N#Cc1cccc2[nH]c(Cc3ccc(Cl)c(Cl)c3)nc12. The van der Waals surface area contributed by atoms with Crippen LogP contribution in [0.4, 0.5) is 0 Å². The van der Waals surface area contributed by atoms with Crippen LogP contribution < -0.4 is 0 Å². The second kappa shape index (κ2) is 5.16. The molecular formula is C15H9Cl2N3. The van der Waals surface area contributed by atoms with Crippen molar-refractivity contribution in [1.29, 1.82) is 5.26 Å². The molecule has 0 unspecified atom stereocenters. The highest BCUT2D eigenvalue weighted by Gasteiger charge is 2.08. The van der Waals surface area contributed by atoms with Crippen LogP contribution in [0.25, 0.3) is 11.0 Å². The highest BCUT2D eigenvalue weighted by molar-refractivity contribution is 6.42. The number of nitrogens with one attached hydrogen (secondary N) is 1. The van der Waals surface area contributed by atoms with Gasteiger partial charge in [-0.2, -0.15) is 5.26 Å². The Hall–Kier alpha value is -2.02. The topological polar surface area (TPSA) is 52.5 Å². The second-order valence-electron chi connectivity index (χ2n) is 4.42. The van der Waals surface area contributed by atoms with Crippen LogP contribution >= 0.6 is 23.2 Å². The van der Waals surface area contributed by atoms with Gasteiger partial charge in [0, 0.05) is 6.42 Å². The quantitative estimate of drug-likeness (QED) is 0.766. The highest BCUT2D eigenvalue weighted by Crippen LogP contribution is 2.24. The van der Waals surface area contributed by atoms with Crippen LogP contribution in [0.15, 0.2) is 36.4 Å². The summed E-state index contributed by atoms with van der Waals surface area (Å²) in [4.78, 5) is 7.69. The van der Waals surface area contributed by atoms with Crippen molar-refractivity contribution in [2.24, 2.45) is 0 Å². The minimum atomic E-state index is 0.526. The summed E-state index contributed by atoms with van der Waals surface area (Å²) in [5.41, 5.74) is 3.14. The first kappa shape index (κ1) is 13.0. The fourth-order valence-corrected chi connectivity index (χ4v) is 2.42. The summed E-state index contributed by atoms with van der Waals surface area (Å²) in [6, 6.07) is 13.1. The predicted molar refractivity (Wildman–Crippen MR) is 80.1 cm³/mol. The lowest BCUT2D eigenvalue weighted by atomic mass is 10.1. The number of hydrogen-bond donors (Lipinski definition) is 1. The van der Waals surface area contributed by atoms with Crippen LogP contribution in [-0.4, -0.2) is 9.97 Å². The molecule has 0 aliphatic rings. The van der Waals surface area contributed by atoms with Crippen molar-refractivity contribution in [2.45, 2.75) is 6.42 Å². The van der Waals surface area contributed by atoms with E-state index in [0.29, 0.717) is 27.5 Å². The van der Waals surface area contributed by atoms with E-state index in [-0.39, 0.29) is 0 Å². The molecule has 2 aromatic carbocycles. The third-order valence-electron chi connectivity index (χ3n) is 3.04. The number of nitrogens with zero attached hydrogens (tertiary/aromatic N) is 2. The Kier molecular flexibility index (Phi) is 3.35. The first-order chi connectivity index (χ1) is 9.67. The summed E-state index contributed by atoms with van der Waals surface area (Å²) in [6.45, 7) is 0. The Balaban J connectivity index is 1.99. The molecule has 1 heterocycles. The molecule has 98 valence electrons. The highest BCUT2D eigenvalue weighted by atomic mass is 35.5. The Morgan fingerprint density at radius 3 is 2.75 bits per heavy atom. The van der Waals surface area contributed by atoms with Crippen molar-refractivity contribution >= 4 is 34.2 Å². The van der Waals surface area contributed by atoms with Gasteiger partial charge in [0.2, 0.25) is 0 Å². The zero-order valence-electron chi connectivity index (χ0n) is 10.3. The van der Waals surface area contributed by atoms with Gasteiger partial charge in [-0.1, -0.05) is 35.3 Å². The summed E-state index contributed by atoms with van der Waals surface area (Å²) in [7, 11) is 0. The maximum absolute atomic E-state index is 9.07. The van der Waals surface area contributed by atoms with Gasteiger partial charge in [-0.05, 0) is 29.8 Å². The maximum atomic E-state index is 9.07. The summed E-state index contributed by atoms with van der Waals surface area (Å²) < 4.78 is 0. The van der Waals surface area contributed by atoms with Crippen LogP contribution in [0.3, 0.4) is 0 Å². The molecule has 20 heavy (non-hydrogen) atoms. The van der Waals surface area contributed by atoms with E-state index in [1.807, 2.05) is 24.3 Å². The predicted octanol–water partition coefficient (Wildman–Crippen LogP) is 4.33. The number of fused-ring (bicyclic) bond motifs is 1. The van der Waals surface area contributed by atoms with E-state index in [9.17, 15) is 0 Å². The van der Waals surface area contributed by atoms with E-state index in [0.717, 1.165) is 16.9 Å². The van der Waals surface area contributed by atoms with Crippen LogP contribution in [-0.2, 0) is 6.42 Å². The van der Waals surface area contributed by atoms with Gasteiger partial charge in [0.25, 0.3) is 0 Å². The Bertz CT molecular complexity index is 831. The average molecular weight is 302 g/mol. The van der Waals surface area contributed by atoms with E-state index in [1.54, 1.807) is 12.1 Å². The fourth-order valence-electron chi connectivity index (χ4n) is 2.10. The van der Waals surface area contributed by atoms with E-state index in [1.165, 1.54) is 0 Å². The fraction of sp³-hybridized carbons (Fsp3) is 0.0667. The lowest BCUT2D eigenvalue weighted by molar-refractivity contribution is 1.04. The molecule has 0 spiro atoms. The summed E-state index contributed by atoms with van der Waals surface area (Å²) >= 11 is 11.9. The molecular weight excluding hydrogens is 293 g/mol. The lowest BCUT2D eigenvalue weighted by Gasteiger charge is -2.00. The van der Waals surface area contributed by atoms with Gasteiger partial charge in [-0.15, -0.1) is 0 Å². The Morgan fingerprint density at radius 1 is 1.15 bits per heavy atom. The van der Waals surface area contributed by atoms with Gasteiger partial charge in [0.1, 0.15) is 17.4 Å².